The minimum absolute atomic E-state index is 0.0419. The molecule has 0 aromatic heterocycles. The maximum Gasteiger partial charge on any atom is 0.339 e. The second-order valence-electron chi connectivity index (χ2n) is 8.84. The lowest BCUT2D eigenvalue weighted by Crippen LogP contribution is -2.53. The topological polar surface area (TPSA) is 128 Å². The third-order valence-electron chi connectivity index (χ3n) is 5.77. The van der Waals surface area contributed by atoms with Gasteiger partial charge in [0.1, 0.15) is 16.2 Å². The summed E-state index contributed by atoms with van der Waals surface area (Å²) >= 11 is 5.83. The summed E-state index contributed by atoms with van der Waals surface area (Å²) in [4.78, 5) is 39.3. The number of barbiturate groups is 1. The average molecular weight is 599 g/mol. The molecule has 4 amide bonds. The van der Waals surface area contributed by atoms with Crippen molar-refractivity contribution >= 4 is 45.6 Å². The summed E-state index contributed by atoms with van der Waals surface area (Å²) in [6.45, 7) is 4.57. The van der Waals surface area contributed by atoms with E-state index in [4.69, 9.17) is 25.3 Å². The molecule has 1 aliphatic heterocycles. The Balaban J connectivity index is 1.56. The van der Waals surface area contributed by atoms with Gasteiger partial charge in [-0.15, -0.1) is 0 Å². The summed E-state index contributed by atoms with van der Waals surface area (Å²) in [5.74, 6) is -0.721. The minimum Gasteiger partial charge on any atom is -0.490 e. The Hall–Kier alpha value is -4.35. The maximum atomic E-state index is 13.3. The Morgan fingerprint density at radius 2 is 1.68 bits per heavy atom. The maximum absolute atomic E-state index is 13.3. The molecule has 4 rings (SSSR count). The van der Waals surface area contributed by atoms with Gasteiger partial charge in [0.05, 0.1) is 19.8 Å². The van der Waals surface area contributed by atoms with Crippen molar-refractivity contribution in [3.05, 3.63) is 88.5 Å². The first-order chi connectivity index (χ1) is 19.6. The van der Waals surface area contributed by atoms with E-state index in [1.165, 1.54) is 48.5 Å². The van der Waals surface area contributed by atoms with E-state index < -0.39 is 28.0 Å². The van der Waals surface area contributed by atoms with Gasteiger partial charge in [0.15, 0.2) is 11.5 Å². The van der Waals surface area contributed by atoms with Crippen LogP contribution >= 0.6 is 11.6 Å². The molecule has 12 heteroatoms. The quantitative estimate of drug-likeness (QED) is 0.186. The molecular formula is C29H27ClN2O8S. The Morgan fingerprint density at radius 3 is 2.39 bits per heavy atom. The molecule has 3 aromatic carbocycles. The van der Waals surface area contributed by atoms with Gasteiger partial charge in [-0.1, -0.05) is 36.7 Å². The van der Waals surface area contributed by atoms with Crippen molar-refractivity contribution in [3.63, 3.8) is 0 Å². The van der Waals surface area contributed by atoms with Crippen LogP contribution in [0.15, 0.2) is 77.2 Å². The third kappa shape index (κ3) is 7.24. The fraction of sp³-hybridized carbons (Fsp3) is 0.207. The van der Waals surface area contributed by atoms with Crippen LogP contribution in [-0.2, 0) is 26.3 Å². The largest absolute Gasteiger partial charge is 0.490 e. The predicted molar refractivity (Wildman–Crippen MR) is 151 cm³/mol. The monoisotopic (exact) mass is 598 g/mol. The smallest absolute Gasteiger partial charge is 0.339 e. The number of amides is 4. The van der Waals surface area contributed by atoms with Crippen LogP contribution in [-0.4, -0.2) is 44.4 Å². The zero-order valence-electron chi connectivity index (χ0n) is 22.3. The van der Waals surface area contributed by atoms with Crippen molar-refractivity contribution in [2.24, 2.45) is 0 Å². The fourth-order valence-corrected chi connectivity index (χ4v) is 4.92. The molecule has 1 N–H and O–H groups in total. The molecule has 3 aromatic rings. The Bertz CT molecular complexity index is 1600. The number of hydrogen-bond acceptors (Lipinski definition) is 8. The molecule has 0 atom stereocenters. The lowest BCUT2D eigenvalue weighted by atomic mass is 10.1. The van der Waals surface area contributed by atoms with E-state index in [9.17, 15) is 22.8 Å². The highest BCUT2D eigenvalue weighted by Crippen LogP contribution is 2.30. The van der Waals surface area contributed by atoms with Crippen LogP contribution in [0.25, 0.3) is 6.08 Å². The number of nitrogens with zero attached hydrogens (tertiary/aromatic N) is 1. The SMILES string of the molecule is CCCOc1ccc(CN2C(=O)NC(=O)/C(=C/c3cccc(OS(=O)(=O)c4ccc(Cl)cc4)c3)C2=O)cc1OCC. The van der Waals surface area contributed by atoms with Crippen LogP contribution in [0.1, 0.15) is 31.4 Å². The number of carbonyl (C=O) groups excluding carboxylic acids is 3. The molecule has 214 valence electrons. The Kier molecular flexibility index (Phi) is 9.31. The van der Waals surface area contributed by atoms with E-state index >= 15 is 0 Å². The van der Waals surface area contributed by atoms with E-state index in [2.05, 4.69) is 5.32 Å². The molecule has 1 heterocycles. The van der Waals surface area contributed by atoms with E-state index in [1.54, 1.807) is 24.3 Å². The van der Waals surface area contributed by atoms with Crippen LogP contribution in [0.4, 0.5) is 4.79 Å². The number of ether oxygens (including phenoxy) is 2. The summed E-state index contributed by atoms with van der Waals surface area (Å²) in [7, 11) is -4.17. The molecule has 0 saturated carbocycles. The molecule has 1 saturated heterocycles. The second kappa shape index (κ2) is 12.9. The standard InChI is InChI=1S/C29H27ClN2O8S/c1-3-14-39-25-13-8-20(17-26(25)38-4-2)18-32-28(34)24(27(33)31-29(32)35)16-19-6-5-7-22(15-19)40-41(36,37)23-11-9-21(30)10-12-23/h5-13,15-17H,3-4,14,18H2,1-2H3,(H,31,33,35)/b24-16-. The minimum atomic E-state index is -4.17. The van der Waals surface area contributed by atoms with Crippen molar-refractivity contribution in [3.8, 4) is 17.2 Å². The van der Waals surface area contributed by atoms with Gasteiger partial charge in [0, 0.05) is 5.02 Å². The van der Waals surface area contributed by atoms with Crippen molar-refractivity contribution in [2.45, 2.75) is 31.7 Å². The van der Waals surface area contributed by atoms with Gasteiger partial charge < -0.3 is 13.7 Å². The van der Waals surface area contributed by atoms with Crippen LogP contribution in [0, 0.1) is 0 Å². The number of benzene rings is 3. The highest BCUT2D eigenvalue weighted by molar-refractivity contribution is 7.87. The van der Waals surface area contributed by atoms with Crippen LogP contribution < -0.4 is 19.0 Å². The Labute approximate surface area is 242 Å². The molecule has 0 bridgehead atoms. The molecule has 0 radical (unpaired) electrons. The van der Waals surface area contributed by atoms with Crippen molar-refractivity contribution in [1.29, 1.82) is 0 Å². The first kappa shape index (κ1) is 29.6. The van der Waals surface area contributed by atoms with E-state index in [0.29, 0.717) is 40.9 Å². The van der Waals surface area contributed by atoms with Crippen molar-refractivity contribution < 1.29 is 36.5 Å². The highest BCUT2D eigenvalue weighted by atomic mass is 35.5. The molecule has 41 heavy (non-hydrogen) atoms. The number of halogens is 1. The van der Waals surface area contributed by atoms with Crippen LogP contribution in [0.2, 0.25) is 5.02 Å². The van der Waals surface area contributed by atoms with Gasteiger partial charge in [-0.05, 0) is 79.1 Å². The van der Waals surface area contributed by atoms with Crippen molar-refractivity contribution in [2.75, 3.05) is 13.2 Å². The van der Waals surface area contributed by atoms with E-state index in [-0.39, 0.29) is 22.8 Å². The van der Waals surface area contributed by atoms with Gasteiger partial charge in [-0.2, -0.15) is 8.42 Å². The fourth-order valence-electron chi connectivity index (χ4n) is 3.87. The number of hydrogen-bond donors (Lipinski definition) is 1. The zero-order chi connectivity index (χ0) is 29.6. The predicted octanol–water partition coefficient (Wildman–Crippen LogP) is 4.96. The van der Waals surface area contributed by atoms with Crippen molar-refractivity contribution in [1.82, 2.24) is 10.2 Å². The first-order valence-corrected chi connectivity index (χ1v) is 14.5. The summed E-state index contributed by atoms with van der Waals surface area (Å²) in [6.07, 6.45) is 2.07. The molecule has 0 spiro atoms. The van der Waals surface area contributed by atoms with Gasteiger partial charge >= 0.3 is 16.1 Å². The Morgan fingerprint density at radius 1 is 0.927 bits per heavy atom. The van der Waals surface area contributed by atoms with Crippen LogP contribution in [0.3, 0.4) is 0 Å². The summed E-state index contributed by atoms with van der Waals surface area (Å²) in [6, 6.07) is 15.5. The number of urea groups is 1. The molecule has 10 nitrogen and oxygen atoms in total. The molecule has 0 aliphatic carbocycles. The van der Waals surface area contributed by atoms with Gasteiger partial charge in [0.2, 0.25) is 0 Å². The van der Waals surface area contributed by atoms with E-state index in [1.807, 2.05) is 13.8 Å². The van der Waals surface area contributed by atoms with Gasteiger partial charge in [-0.25, -0.2) is 4.79 Å². The number of imide groups is 2. The van der Waals surface area contributed by atoms with E-state index in [0.717, 1.165) is 11.3 Å². The lowest BCUT2D eigenvalue weighted by molar-refractivity contribution is -0.130. The first-order valence-electron chi connectivity index (χ1n) is 12.7. The average Bonchev–Trinajstić information content (AvgIpc) is 2.93. The molecule has 0 unspecified atom stereocenters. The lowest BCUT2D eigenvalue weighted by Gasteiger charge is -2.26. The highest BCUT2D eigenvalue weighted by Gasteiger charge is 2.36. The summed E-state index contributed by atoms with van der Waals surface area (Å²) in [5.41, 5.74) is 0.574. The van der Waals surface area contributed by atoms with Gasteiger partial charge in [0.25, 0.3) is 11.8 Å². The van der Waals surface area contributed by atoms with Gasteiger partial charge in [-0.3, -0.25) is 19.8 Å². The zero-order valence-corrected chi connectivity index (χ0v) is 23.8. The number of carbonyl (C=O) groups is 3. The molecule has 1 aliphatic rings. The molecular weight excluding hydrogens is 572 g/mol. The summed E-state index contributed by atoms with van der Waals surface area (Å²) < 4.78 is 41.9. The second-order valence-corrected chi connectivity index (χ2v) is 10.8. The normalized spacial score (nSPS) is 14.7. The number of rotatable bonds is 11. The summed E-state index contributed by atoms with van der Waals surface area (Å²) in [5, 5.41) is 2.54. The molecule has 1 fully saturated rings. The third-order valence-corrected chi connectivity index (χ3v) is 7.29. The van der Waals surface area contributed by atoms with Crippen LogP contribution in [0.5, 0.6) is 17.2 Å². The number of nitrogens with one attached hydrogen (secondary N) is 1.